The second-order valence-corrected chi connectivity index (χ2v) is 10.2. The van der Waals surface area contributed by atoms with E-state index < -0.39 is 21.7 Å². The van der Waals surface area contributed by atoms with Crippen LogP contribution in [0.15, 0.2) is 47.4 Å². The second-order valence-electron chi connectivity index (χ2n) is 8.45. The molecular weight excluding hydrogens is 432 g/mol. The van der Waals surface area contributed by atoms with Gasteiger partial charge in [0.15, 0.2) is 11.5 Å². The molecule has 1 saturated carbocycles. The number of hydrogen-bond acceptors (Lipinski definition) is 6. The summed E-state index contributed by atoms with van der Waals surface area (Å²) in [7, 11) is -3.74. The highest BCUT2D eigenvalue weighted by atomic mass is 32.2. The smallest absolute Gasteiger partial charge is 0.255 e. The number of fused-ring (bicyclic) bond motifs is 1. The third-order valence-corrected chi connectivity index (χ3v) is 7.51. The van der Waals surface area contributed by atoms with E-state index in [-0.39, 0.29) is 23.1 Å². The van der Waals surface area contributed by atoms with Crippen LogP contribution >= 0.6 is 0 Å². The van der Waals surface area contributed by atoms with Gasteiger partial charge in [-0.05, 0) is 56.0 Å². The van der Waals surface area contributed by atoms with E-state index in [0.29, 0.717) is 23.8 Å². The molecule has 1 saturated heterocycles. The molecule has 0 radical (unpaired) electrons. The van der Waals surface area contributed by atoms with Crippen LogP contribution in [0, 0.1) is 0 Å². The molecule has 9 heteroatoms. The Labute approximate surface area is 187 Å². The van der Waals surface area contributed by atoms with Crippen molar-refractivity contribution in [1.29, 1.82) is 0 Å². The average molecular weight is 459 g/mol. The number of sulfonamides is 1. The fourth-order valence-electron chi connectivity index (χ4n) is 4.39. The van der Waals surface area contributed by atoms with Crippen molar-refractivity contribution in [3.05, 3.63) is 48.0 Å². The lowest BCUT2D eigenvalue weighted by atomic mass is 10.2. The molecule has 2 aliphatic heterocycles. The lowest BCUT2D eigenvalue weighted by molar-refractivity contribution is -0.0716. The molecule has 32 heavy (non-hydrogen) atoms. The fraction of sp³-hybridized carbons (Fsp3) is 0.435. The molecule has 0 aromatic heterocycles. The van der Waals surface area contributed by atoms with Crippen molar-refractivity contribution in [2.75, 3.05) is 18.5 Å². The van der Waals surface area contributed by atoms with Gasteiger partial charge in [0.1, 0.15) is 0 Å². The van der Waals surface area contributed by atoms with Gasteiger partial charge >= 0.3 is 0 Å². The van der Waals surface area contributed by atoms with Crippen LogP contribution in [0.3, 0.4) is 0 Å². The van der Waals surface area contributed by atoms with Crippen LogP contribution < -0.4 is 19.5 Å². The van der Waals surface area contributed by atoms with E-state index in [2.05, 4.69) is 10.0 Å². The summed E-state index contributed by atoms with van der Waals surface area (Å²) < 4.78 is 45.4. The predicted octanol–water partition coefficient (Wildman–Crippen LogP) is 3.44. The molecule has 170 valence electrons. The zero-order valence-corrected chi connectivity index (χ0v) is 18.4. The maximum atomic E-state index is 12.8. The number of rotatable bonds is 6. The van der Waals surface area contributed by atoms with Crippen molar-refractivity contribution < 1.29 is 27.4 Å². The molecule has 0 bridgehead atoms. The van der Waals surface area contributed by atoms with E-state index in [4.69, 9.17) is 14.2 Å². The molecule has 1 atom stereocenters. The lowest BCUT2D eigenvalue weighted by Crippen LogP contribution is -2.34. The number of carbonyl (C=O) groups is 1. The molecule has 5 rings (SSSR count). The van der Waals surface area contributed by atoms with Gasteiger partial charge < -0.3 is 19.5 Å². The summed E-state index contributed by atoms with van der Waals surface area (Å²) in [5.74, 6) is 0.315. The van der Waals surface area contributed by atoms with Crippen molar-refractivity contribution in [3.63, 3.8) is 0 Å². The summed E-state index contributed by atoms with van der Waals surface area (Å²) in [6.07, 6.45) is 5.51. The molecule has 1 amide bonds. The molecule has 1 spiro atoms. The fourth-order valence-corrected chi connectivity index (χ4v) is 5.50. The number of amides is 1. The molecule has 2 N–H and O–H groups in total. The quantitative estimate of drug-likeness (QED) is 0.688. The highest BCUT2D eigenvalue weighted by Gasteiger charge is 2.44. The Hall–Kier alpha value is -2.62. The van der Waals surface area contributed by atoms with Crippen LogP contribution in [0.4, 0.5) is 5.69 Å². The minimum absolute atomic E-state index is 0.0389. The molecule has 1 aliphatic carbocycles. The van der Waals surface area contributed by atoms with Crippen molar-refractivity contribution in [3.8, 4) is 11.5 Å². The Kier molecular flexibility index (Phi) is 5.56. The van der Waals surface area contributed by atoms with Crippen LogP contribution in [0.2, 0.25) is 0 Å². The summed E-state index contributed by atoms with van der Waals surface area (Å²) >= 11 is 0. The van der Waals surface area contributed by atoms with E-state index >= 15 is 0 Å². The van der Waals surface area contributed by atoms with Crippen LogP contribution in [0.5, 0.6) is 11.5 Å². The molecule has 8 nitrogen and oxygen atoms in total. The summed E-state index contributed by atoms with van der Waals surface area (Å²) in [6, 6.07) is 11.2. The molecule has 0 unspecified atom stereocenters. The summed E-state index contributed by atoms with van der Waals surface area (Å²) in [6.45, 7) is 0.875. The molecule has 3 aliphatic rings. The number of anilines is 1. The standard InChI is InChI=1S/C23H26N2O6S/c26-22(25-17-8-9-20-21(14-17)31-23(30-20)10-1-2-11-23)16-5-3-7-19(13-16)32(27,28)24-15-18-6-4-12-29-18/h3,5,7-9,13-14,18,24H,1-2,4,6,10-12,15H2,(H,25,26)/t18-/m1/s1. The van der Waals surface area contributed by atoms with Crippen LogP contribution in [0.1, 0.15) is 48.9 Å². The van der Waals surface area contributed by atoms with Gasteiger partial charge in [-0.25, -0.2) is 13.1 Å². The van der Waals surface area contributed by atoms with Gasteiger partial charge in [0, 0.05) is 43.3 Å². The Morgan fingerprint density at radius 2 is 1.84 bits per heavy atom. The number of nitrogens with one attached hydrogen (secondary N) is 2. The van der Waals surface area contributed by atoms with Gasteiger partial charge in [-0.3, -0.25) is 4.79 Å². The van der Waals surface area contributed by atoms with Crippen molar-refractivity contribution in [2.45, 2.75) is 55.3 Å². The second kappa shape index (κ2) is 8.38. The van der Waals surface area contributed by atoms with Gasteiger partial charge in [0.25, 0.3) is 11.7 Å². The number of carbonyl (C=O) groups excluding carboxylic acids is 1. The molecule has 2 fully saturated rings. The Bertz CT molecular complexity index is 1120. The predicted molar refractivity (Wildman–Crippen MR) is 117 cm³/mol. The first-order valence-corrected chi connectivity index (χ1v) is 12.5. The highest BCUT2D eigenvalue weighted by molar-refractivity contribution is 7.89. The number of hydrogen-bond donors (Lipinski definition) is 2. The maximum Gasteiger partial charge on any atom is 0.255 e. The van der Waals surface area contributed by atoms with Crippen molar-refractivity contribution in [2.24, 2.45) is 0 Å². The zero-order valence-electron chi connectivity index (χ0n) is 17.6. The van der Waals surface area contributed by atoms with Crippen LogP contribution in [-0.4, -0.2) is 39.4 Å². The molecule has 2 heterocycles. The minimum Gasteiger partial charge on any atom is -0.448 e. The highest BCUT2D eigenvalue weighted by Crippen LogP contribution is 2.47. The Morgan fingerprint density at radius 1 is 1.03 bits per heavy atom. The van der Waals surface area contributed by atoms with E-state index in [9.17, 15) is 13.2 Å². The SMILES string of the molecule is O=C(Nc1ccc2c(c1)OC1(CCCC1)O2)c1cccc(S(=O)(=O)NC[C@H]2CCCO2)c1. The van der Waals surface area contributed by atoms with E-state index in [1.807, 2.05) is 0 Å². The van der Waals surface area contributed by atoms with Crippen molar-refractivity contribution >= 4 is 21.6 Å². The number of benzene rings is 2. The van der Waals surface area contributed by atoms with Gasteiger partial charge in [-0.2, -0.15) is 0 Å². The zero-order chi connectivity index (χ0) is 22.2. The summed E-state index contributed by atoms with van der Waals surface area (Å²) in [4.78, 5) is 12.8. The summed E-state index contributed by atoms with van der Waals surface area (Å²) in [5.41, 5.74) is 0.798. The topological polar surface area (TPSA) is 103 Å². The van der Waals surface area contributed by atoms with Crippen LogP contribution in [-0.2, 0) is 14.8 Å². The molecule has 2 aromatic rings. The van der Waals surface area contributed by atoms with Crippen molar-refractivity contribution in [1.82, 2.24) is 4.72 Å². The Balaban J connectivity index is 1.26. The lowest BCUT2D eigenvalue weighted by Gasteiger charge is -2.21. The van der Waals surface area contributed by atoms with E-state index in [0.717, 1.165) is 38.5 Å². The van der Waals surface area contributed by atoms with Gasteiger partial charge in [-0.1, -0.05) is 6.07 Å². The molecular formula is C23H26N2O6S. The normalized spacial score (nSPS) is 21.2. The molecule has 2 aromatic carbocycles. The minimum atomic E-state index is -3.74. The van der Waals surface area contributed by atoms with Gasteiger partial charge in [0.2, 0.25) is 10.0 Å². The maximum absolute atomic E-state index is 12.8. The summed E-state index contributed by atoms with van der Waals surface area (Å²) in [5, 5.41) is 2.81. The third kappa shape index (κ3) is 4.32. The first-order chi connectivity index (χ1) is 15.4. The van der Waals surface area contributed by atoms with Gasteiger partial charge in [-0.15, -0.1) is 0 Å². The third-order valence-electron chi connectivity index (χ3n) is 6.09. The first-order valence-electron chi connectivity index (χ1n) is 11.0. The van der Waals surface area contributed by atoms with Gasteiger partial charge in [0.05, 0.1) is 11.0 Å². The average Bonchev–Trinajstić information content (AvgIpc) is 3.54. The Morgan fingerprint density at radius 3 is 2.62 bits per heavy atom. The van der Waals surface area contributed by atoms with E-state index in [1.165, 1.54) is 12.1 Å². The first kappa shape index (κ1) is 21.2. The largest absolute Gasteiger partial charge is 0.448 e. The van der Waals surface area contributed by atoms with Crippen LogP contribution in [0.25, 0.3) is 0 Å². The number of ether oxygens (including phenoxy) is 3. The van der Waals surface area contributed by atoms with E-state index in [1.54, 1.807) is 30.3 Å². The monoisotopic (exact) mass is 458 g/mol.